The first kappa shape index (κ1) is 17.6. The van der Waals surface area contributed by atoms with Crippen molar-refractivity contribution in [2.45, 2.75) is 5.75 Å². The van der Waals surface area contributed by atoms with Crippen LogP contribution in [0.15, 0.2) is 59.7 Å². The average Bonchev–Trinajstić information content (AvgIpc) is 2.63. The number of sulfonamides is 1. The fourth-order valence-corrected chi connectivity index (χ4v) is 3.56. The second-order valence-electron chi connectivity index (χ2n) is 5.46. The molecule has 2 heterocycles. The number of aromatic nitrogens is 2. The van der Waals surface area contributed by atoms with E-state index in [1.165, 1.54) is 25.4 Å². The molecule has 1 N–H and O–H groups in total. The monoisotopic (exact) mass is 373 g/mol. The molecule has 9 heteroatoms. The maximum atomic E-state index is 12.6. The number of hydrogen-bond acceptors (Lipinski definition) is 6. The number of nitrogens with zero attached hydrogens (tertiary/aromatic N) is 2. The van der Waals surface area contributed by atoms with Crippen molar-refractivity contribution in [1.82, 2.24) is 9.38 Å². The number of anilines is 1. The summed E-state index contributed by atoms with van der Waals surface area (Å²) < 4.78 is 32.6. The summed E-state index contributed by atoms with van der Waals surface area (Å²) in [7, 11) is -2.58. The number of ether oxygens (including phenoxy) is 1. The zero-order valence-corrected chi connectivity index (χ0v) is 14.6. The van der Waals surface area contributed by atoms with Gasteiger partial charge in [-0.15, -0.1) is 0 Å². The summed E-state index contributed by atoms with van der Waals surface area (Å²) in [6.07, 6.45) is 2.41. The summed E-state index contributed by atoms with van der Waals surface area (Å²) in [4.78, 5) is 28.2. The Balaban J connectivity index is 1.96. The molecule has 3 aromatic rings. The number of fused-ring (bicyclic) bond motifs is 1. The molecule has 134 valence electrons. The number of carbonyl (C=O) groups excluding carboxylic acids is 1. The van der Waals surface area contributed by atoms with Crippen LogP contribution in [0, 0.1) is 0 Å². The molecule has 0 spiro atoms. The second kappa shape index (κ2) is 6.96. The minimum absolute atomic E-state index is 0.146. The second-order valence-corrected chi connectivity index (χ2v) is 7.18. The molecule has 0 bridgehead atoms. The van der Waals surface area contributed by atoms with Crippen molar-refractivity contribution in [1.29, 1.82) is 0 Å². The van der Waals surface area contributed by atoms with E-state index in [-0.39, 0.29) is 22.7 Å². The quantitative estimate of drug-likeness (QED) is 0.678. The molecule has 26 heavy (non-hydrogen) atoms. The van der Waals surface area contributed by atoms with Gasteiger partial charge in [-0.25, -0.2) is 18.2 Å². The topological polar surface area (TPSA) is 107 Å². The highest BCUT2D eigenvalue weighted by Crippen LogP contribution is 2.10. The van der Waals surface area contributed by atoms with E-state index in [1.54, 1.807) is 30.3 Å². The van der Waals surface area contributed by atoms with E-state index in [2.05, 4.69) is 14.4 Å². The largest absolute Gasteiger partial charge is 0.465 e. The zero-order valence-electron chi connectivity index (χ0n) is 13.7. The van der Waals surface area contributed by atoms with E-state index >= 15 is 0 Å². The number of nitrogens with one attached hydrogen (secondary N) is 1. The van der Waals surface area contributed by atoms with E-state index in [0.717, 1.165) is 10.6 Å². The molecule has 0 fully saturated rings. The van der Waals surface area contributed by atoms with Gasteiger partial charge in [0, 0.05) is 6.20 Å². The number of benzene rings is 1. The lowest BCUT2D eigenvalue weighted by Crippen LogP contribution is -2.24. The molecule has 3 rings (SSSR count). The Hall–Kier alpha value is -3.20. The molecule has 0 atom stereocenters. The highest BCUT2D eigenvalue weighted by atomic mass is 32.2. The van der Waals surface area contributed by atoms with Crippen LogP contribution in [-0.4, -0.2) is 30.9 Å². The first-order chi connectivity index (χ1) is 12.4. The number of hydrogen-bond donors (Lipinski definition) is 1. The number of carbonyl (C=O) groups is 1. The lowest BCUT2D eigenvalue weighted by molar-refractivity contribution is 0.0600. The number of esters is 1. The predicted molar refractivity (Wildman–Crippen MR) is 95.5 cm³/mol. The van der Waals surface area contributed by atoms with Crippen molar-refractivity contribution in [2.75, 3.05) is 11.8 Å². The molecule has 2 aromatic heterocycles. The van der Waals surface area contributed by atoms with Crippen LogP contribution in [-0.2, 0) is 20.5 Å². The summed E-state index contributed by atoms with van der Waals surface area (Å²) >= 11 is 0. The Labute approximate surface area is 149 Å². The van der Waals surface area contributed by atoms with Crippen LogP contribution in [0.25, 0.3) is 5.65 Å². The number of rotatable bonds is 5. The van der Waals surface area contributed by atoms with Crippen molar-refractivity contribution in [3.05, 3.63) is 76.3 Å². The van der Waals surface area contributed by atoms with Crippen molar-refractivity contribution >= 4 is 27.3 Å². The van der Waals surface area contributed by atoms with Crippen LogP contribution in [0.4, 0.5) is 5.69 Å². The standard InChI is InChI=1S/C17H15N3O5S/c1-25-17(22)13-7-8-15-18-9-14(16(21)20(15)10-13)19-26(23,24)11-12-5-3-2-4-6-12/h2-10,19H,11H2,1H3. The Kier molecular flexibility index (Phi) is 4.72. The Bertz CT molecular complexity index is 1120. The first-order valence-electron chi connectivity index (χ1n) is 7.54. The highest BCUT2D eigenvalue weighted by Gasteiger charge is 2.16. The summed E-state index contributed by atoms with van der Waals surface area (Å²) in [5, 5.41) is 0. The summed E-state index contributed by atoms with van der Waals surface area (Å²) in [5.41, 5.74) is 0.154. The molecule has 0 amide bonds. The Morgan fingerprint density at radius 1 is 1.19 bits per heavy atom. The molecule has 0 aliphatic heterocycles. The lowest BCUT2D eigenvalue weighted by atomic mass is 10.2. The first-order valence-corrected chi connectivity index (χ1v) is 9.19. The van der Waals surface area contributed by atoms with Gasteiger partial charge >= 0.3 is 5.97 Å². The van der Waals surface area contributed by atoms with Gasteiger partial charge in [0.25, 0.3) is 5.56 Å². The minimum Gasteiger partial charge on any atom is -0.465 e. The summed E-state index contributed by atoms with van der Waals surface area (Å²) in [6, 6.07) is 11.5. The molecule has 0 saturated carbocycles. The third-order valence-corrected chi connectivity index (χ3v) is 4.83. The number of methoxy groups -OCH3 is 1. The maximum absolute atomic E-state index is 12.6. The number of pyridine rings is 1. The van der Waals surface area contributed by atoms with E-state index in [0.29, 0.717) is 5.56 Å². The molecular weight excluding hydrogens is 358 g/mol. The van der Waals surface area contributed by atoms with Gasteiger partial charge in [0.15, 0.2) is 0 Å². The van der Waals surface area contributed by atoms with Crippen molar-refractivity contribution in [3.8, 4) is 0 Å². The van der Waals surface area contributed by atoms with E-state index in [1.807, 2.05) is 0 Å². The maximum Gasteiger partial charge on any atom is 0.339 e. The van der Waals surface area contributed by atoms with Gasteiger partial charge in [0.05, 0.1) is 24.6 Å². The van der Waals surface area contributed by atoms with Gasteiger partial charge in [-0.3, -0.25) is 13.9 Å². The lowest BCUT2D eigenvalue weighted by Gasteiger charge is -2.09. The van der Waals surface area contributed by atoms with Gasteiger partial charge in [0.1, 0.15) is 11.3 Å². The van der Waals surface area contributed by atoms with Gasteiger partial charge in [0.2, 0.25) is 10.0 Å². The molecular formula is C17H15N3O5S. The average molecular weight is 373 g/mol. The molecule has 0 aliphatic carbocycles. The van der Waals surface area contributed by atoms with Crippen LogP contribution < -0.4 is 10.3 Å². The molecule has 0 aliphatic rings. The van der Waals surface area contributed by atoms with Crippen molar-refractivity contribution in [2.24, 2.45) is 0 Å². The van der Waals surface area contributed by atoms with Crippen LogP contribution in [0.5, 0.6) is 0 Å². The highest BCUT2D eigenvalue weighted by molar-refractivity contribution is 7.91. The van der Waals surface area contributed by atoms with E-state index < -0.39 is 21.6 Å². The van der Waals surface area contributed by atoms with E-state index in [4.69, 9.17) is 0 Å². The van der Waals surface area contributed by atoms with Crippen LogP contribution in [0.1, 0.15) is 15.9 Å². The Morgan fingerprint density at radius 3 is 2.62 bits per heavy atom. The van der Waals surface area contributed by atoms with Crippen LogP contribution >= 0.6 is 0 Å². The normalized spacial score (nSPS) is 11.3. The molecule has 0 unspecified atom stereocenters. The molecule has 0 radical (unpaired) electrons. The molecule has 0 saturated heterocycles. The van der Waals surface area contributed by atoms with Gasteiger partial charge < -0.3 is 4.74 Å². The predicted octanol–water partition coefficient (Wildman–Crippen LogP) is 1.42. The van der Waals surface area contributed by atoms with Gasteiger partial charge in [-0.05, 0) is 17.7 Å². The fraction of sp³-hybridized carbons (Fsp3) is 0.118. The van der Waals surface area contributed by atoms with Gasteiger partial charge in [-0.2, -0.15) is 0 Å². The summed E-state index contributed by atoms with van der Waals surface area (Å²) in [5.74, 6) is -0.896. The van der Waals surface area contributed by atoms with Crippen LogP contribution in [0.2, 0.25) is 0 Å². The third kappa shape index (κ3) is 3.72. The smallest absolute Gasteiger partial charge is 0.339 e. The third-order valence-electron chi connectivity index (χ3n) is 3.59. The fourth-order valence-electron chi connectivity index (χ4n) is 2.38. The van der Waals surface area contributed by atoms with Crippen LogP contribution in [0.3, 0.4) is 0 Å². The Morgan fingerprint density at radius 2 is 1.92 bits per heavy atom. The zero-order chi connectivity index (χ0) is 18.7. The summed E-state index contributed by atoms with van der Waals surface area (Å²) in [6.45, 7) is 0. The van der Waals surface area contributed by atoms with E-state index in [9.17, 15) is 18.0 Å². The van der Waals surface area contributed by atoms with Crippen molar-refractivity contribution < 1.29 is 17.9 Å². The molecule has 8 nitrogen and oxygen atoms in total. The van der Waals surface area contributed by atoms with Crippen molar-refractivity contribution in [3.63, 3.8) is 0 Å². The molecule has 1 aromatic carbocycles. The van der Waals surface area contributed by atoms with Gasteiger partial charge in [-0.1, -0.05) is 30.3 Å². The minimum atomic E-state index is -3.80. The SMILES string of the molecule is COC(=O)c1ccc2ncc(NS(=O)(=O)Cc3ccccc3)c(=O)n2c1.